The van der Waals surface area contributed by atoms with Crippen molar-refractivity contribution in [1.29, 1.82) is 5.26 Å². The number of nitrogens with zero attached hydrogens (tertiary/aromatic N) is 2. The molecule has 0 aliphatic carbocycles. The van der Waals surface area contributed by atoms with Crippen LogP contribution in [0.5, 0.6) is 0 Å². The molecule has 0 aromatic heterocycles. The zero-order chi connectivity index (χ0) is 13.3. The van der Waals surface area contributed by atoms with E-state index in [9.17, 15) is 9.59 Å². The Labute approximate surface area is 100 Å². The molecule has 1 amide bonds. The smallest absolute Gasteiger partial charge is 0.410 e. The van der Waals surface area contributed by atoms with Crippen LogP contribution in [0.15, 0.2) is 0 Å². The minimum atomic E-state index is -1.23. The molecule has 1 saturated heterocycles. The second-order valence-electron chi connectivity index (χ2n) is 5.02. The molecule has 6 nitrogen and oxygen atoms in total. The van der Waals surface area contributed by atoms with Crippen LogP contribution in [-0.4, -0.2) is 42.8 Å². The van der Waals surface area contributed by atoms with E-state index in [1.165, 1.54) is 12.0 Å². The molecule has 0 atom stereocenters. The Kier molecular flexibility index (Phi) is 3.32. The standard InChI is InChI=1S/C11H16N2O4/c1-10(2,3)17-9(15)13-6-11(5-12,7-13)8(14)16-4/h6-7H2,1-4H3. The van der Waals surface area contributed by atoms with Crippen LogP contribution in [0.3, 0.4) is 0 Å². The summed E-state index contributed by atoms with van der Waals surface area (Å²) in [4.78, 5) is 24.3. The molecule has 0 radical (unpaired) electrons. The van der Waals surface area contributed by atoms with E-state index in [0.29, 0.717) is 0 Å². The van der Waals surface area contributed by atoms with Gasteiger partial charge in [0.15, 0.2) is 5.41 Å². The minimum absolute atomic E-state index is 0.0189. The molecule has 0 saturated carbocycles. The first-order valence-electron chi connectivity index (χ1n) is 5.22. The van der Waals surface area contributed by atoms with E-state index in [4.69, 9.17) is 10.00 Å². The van der Waals surface area contributed by atoms with Crippen molar-refractivity contribution in [2.45, 2.75) is 26.4 Å². The van der Waals surface area contributed by atoms with Crippen LogP contribution in [0, 0.1) is 16.7 Å². The summed E-state index contributed by atoms with van der Waals surface area (Å²) in [6.45, 7) is 5.30. The van der Waals surface area contributed by atoms with Gasteiger partial charge in [0, 0.05) is 0 Å². The Morgan fingerprint density at radius 1 is 1.35 bits per heavy atom. The molecule has 1 aliphatic heterocycles. The number of nitriles is 1. The molecule has 0 spiro atoms. The molecule has 0 N–H and O–H groups in total. The van der Waals surface area contributed by atoms with Crippen molar-refractivity contribution < 1.29 is 19.1 Å². The van der Waals surface area contributed by atoms with Crippen molar-refractivity contribution in [2.24, 2.45) is 5.41 Å². The van der Waals surface area contributed by atoms with Crippen molar-refractivity contribution in [2.75, 3.05) is 20.2 Å². The third-order valence-corrected chi connectivity index (χ3v) is 2.36. The van der Waals surface area contributed by atoms with Crippen LogP contribution in [0.1, 0.15) is 20.8 Å². The van der Waals surface area contributed by atoms with Gasteiger partial charge in [-0.25, -0.2) is 4.79 Å². The number of esters is 1. The van der Waals surface area contributed by atoms with Crippen molar-refractivity contribution >= 4 is 12.1 Å². The molecule has 1 rings (SSSR count). The Morgan fingerprint density at radius 2 is 1.88 bits per heavy atom. The Morgan fingerprint density at radius 3 is 2.24 bits per heavy atom. The van der Waals surface area contributed by atoms with Crippen LogP contribution < -0.4 is 0 Å². The first-order chi connectivity index (χ1) is 7.74. The van der Waals surface area contributed by atoms with Gasteiger partial charge in [-0.05, 0) is 20.8 Å². The second-order valence-corrected chi connectivity index (χ2v) is 5.02. The van der Waals surface area contributed by atoms with Crippen molar-refractivity contribution in [3.05, 3.63) is 0 Å². The topological polar surface area (TPSA) is 79.6 Å². The first kappa shape index (κ1) is 13.3. The average molecular weight is 240 g/mol. The molecular weight excluding hydrogens is 224 g/mol. The van der Waals surface area contributed by atoms with Crippen molar-refractivity contribution in [1.82, 2.24) is 4.90 Å². The molecular formula is C11H16N2O4. The van der Waals surface area contributed by atoms with Gasteiger partial charge in [-0.2, -0.15) is 5.26 Å². The predicted molar refractivity (Wildman–Crippen MR) is 57.9 cm³/mol. The van der Waals surface area contributed by atoms with Crippen LogP contribution in [0.25, 0.3) is 0 Å². The largest absolute Gasteiger partial charge is 0.468 e. The van der Waals surface area contributed by atoms with Crippen LogP contribution in [-0.2, 0) is 14.3 Å². The van der Waals surface area contributed by atoms with E-state index in [0.717, 1.165) is 0 Å². The van der Waals surface area contributed by atoms with E-state index in [-0.39, 0.29) is 13.1 Å². The zero-order valence-electron chi connectivity index (χ0n) is 10.4. The lowest BCUT2D eigenvalue weighted by molar-refractivity contribution is -0.157. The molecule has 0 aromatic carbocycles. The fourth-order valence-corrected chi connectivity index (χ4v) is 1.50. The summed E-state index contributed by atoms with van der Waals surface area (Å²) in [5.74, 6) is -0.611. The van der Waals surface area contributed by atoms with E-state index < -0.39 is 23.1 Å². The lowest BCUT2D eigenvalue weighted by atomic mass is 9.82. The van der Waals surface area contributed by atoms with Crippen molar-refractivity contribution in [3.63, 3.8) is 0 Å². The molecule has 1 heterocycles. The van der Waals surface area contributed by atoms with Crippen LogP contribution >= 0.6 is 0 Å². The number of amides is 1. The van der Waals surface area contributed by atoms with Gasteiger partial charge >= 0.3 is 12.1 Å². The number of methoxy groups -OCH3 is 1. The van der Waals surface area contributed by atoms with Crippen LogP contribution in [0.2, 0.25) is 0 Å². The maximum atomic E-state index is 11.6. The molecule has 6 heteroatoms. The number of hydrogen-bond donors (Lipinski definition) is 0. The van der Waals surface area contributed by atoms with Gasteiger partial charge in [0.1, 0.15) is 5.60 Å². The number of hydrogen-bond acceptors (Lipinski definition) is 5. The summed E-state index contributed by atoms with van der Waals surface area (Å²) in [6.07, 6.45) is -0.521. The average Bonchev–Trinajstić information content (AvgIpc) is 2.13. The number of likely N-dealkylation sites (tertiary alicyclic amines) is 1. The fourth-order valence-electron chi connectivity index (χ4n) is 1.50. The van der Waals surface area contributed by atoms with Gasteiger partial charge in [-0.1, -0.05) is 0 Å². The maximum Gasteiger partial charge on any atom is 0.410 e. The van der Waals surface area contributed by atoms with E-state index in [2.05, 4.69) is 4.74 Å². The third kappa shape index (κ3) is 2.67. The highest BCUT2D eigenvalue weighted by Crippen LogP contribution is 2.32. The Bertz CT molecular complexity index is 372. The summed E-state index contributed by atoms with van der Waals surface area (Å²) in [6, 6.07) is 1.89. The summed E-state index contributed by atoms with van der Waals surface area (Å²) < 4.78 is 9.66. The van der Waals surface area contributed by atoms with Gasteiger partial charge in [0.05, 0.1) is 26.3 Å². The lowest BCUT2D eigenvalue weighted by Crippen LogP contribution is -2.62. The van der Waals surface area contributed by atoms with E-state index in [1.54, 1.807) is 20.8 Å². The Hall–Kier alpha value is -1.77. The van der Waals surface area contributed by atoms with Gasteiger partial charge in [-0.15, -0.1) is 0 Å². The summed E-state index contributed by atoms with van der Waals surface area (Å²) >= 11 is 0. The molecule has 0 bridgehead atoms. The quantitative estimate of drug-likeness (QED) is 0.637. The molecule has 0 aromatic rings. The molecule has 94 valence electrons. The highest BCUT2D eigenvalue weighted by molar-refractivity contribution is 5.84. The predicted octanol–water partition coefficient (Wildman–Crippen LogP) is 0.920. The first-order valence-corrected chi connectivity index (χ1v) is 5.22. The number of rotatable bonds is 1. The van der Waals surface area contributed by atoms with Gasteiger partial charge in [0.2, 0.25) is 0 Å². The SMILES string of the molecule is COC(=O)C1(C#N)CN(C(=O)OC(C)(C)C)C1. The molecule has 17 heavy (non-hydrogen) atoms. The van der Waals surface area contributed by atoms with Gasteiger partial charge < -0.3 is 14.4 Å². The highest BCUT2D eigenvalue weighted by Gasteiger charge is 2.53. The normalized spacial score (nSPS) is 17.7. The second kappa shape index (κ2) is 4.24. The minimum Gasteiger partial charge on any atom is -0.468 e. The van der Waals surface area contributed by atoms with Gasteiger partial charge in [0.25, 0.3) is 0 Å². The maximum absolute atomic E-state index is 11.6. The van der Waals surface area contributed by atoms with Crippen molar-refractivity contribution in [3.8, 4) is 6.07 Å². The van der Waals surface area contributed by atoms with E-state index >= 15 is 0 Å². The Balaban J connectivity index is 2.59. The van der Waals surface area contributed by atoms with Gasteiger partial charge in [-0.3, -0.25) is 4.79 Å². The summed E-state index contributed by atoms with van der Waals surface area (Å²) in [5, 5.41) is 8.94. The monoisotopic (exact) mass is 240 g/mol. The number of carbonyl (C=O) groups excluding carboxylic acids is 2. The fraction of sp³-hybridized carbons (Fsp3) is 0.727. The zero-order valence-corrected chi connectivity index (χ0v) is 10.4. The number of carbonyl (C=O) groups is 2. The number of ether oxygens (including phenoxy) is 2. The molecule has 1 fully saturated rings. The lowest BCUT2D eigenvalue weighted by Gasteiger charge is -2.43. The molecule has 1 aliphatic rings. The summed E-state index contributed by atoms with van der Waals surface area (Å²) in [5.41, 5.74) is -1.82. The highest BCUT2D eigenvalue weighted by atomic mass is 16.6. The molecule has 0 unspecified atom stereocenters. The van der Waals surface area contributed by atoms with E-state index in [1.807, 2.05) is 6.07 Å². The third-order valence-electron chi connectivity index (χ3n) is 2.36. The summed E-state index contributed by atoms with van der Waals surface area (Å²) in [7, 11) is 1.22. The van der Waals surface area contributed by atoms with Crippen LogP contribution in [0.4, 0.5) is 4.79 Å².